The summed E-state index contributed by atoms with van der Waals surface area (Å²) in [5.41, 5.74) is 6.91. The number of ether oxygens (including phenoxy) is 2. The van der Waals surface area contributed by atoms with Crippen LogP contribution in [0.4, 0.5) is 0 Å². The first-order valence-electron chi connectivity index (χ1n) is 6.97. The minimum atomic E-state index is -0.799. The fourth-order valence-corrected chi connectivity index (χ4v) is 2.69. The molecule has 0 bridgehead atoms. The Hall–Kier alpha value is -1.53. The Morgan fingerprint density at radius 1 is 1.21 bits per heavy atom. The highest BCUT2D eigenvalue weighted by Crippen LogP contribution is 2.28. The van der Waals surface area contributed by atoms with E-state index in [-0.39, 0.29) is 18.2 Å². The molecule has 1 aromatic heterocycles. The van der Waals surface area contributed by atoms with E-state index in [9.17, 15) is 4.79 Å². The summed E-state index contributed by atoms with van der Waals surface area (Å²) < 4.78 is 10.2. The van der Waals surface area contributed by atoms with Gasteiger partial charge in [0.25, 0.3) is 0 Å². The summed E-state index contributed by atoms with van der Waals surface area (Å²) in [6, 6.07) is 7.74. The van der Waals surface area contributed by atoms with Crippen molar-refractivity contribution in [3.05, 3.63) is 56.8 Å². The Balaban J connectivity index is 2.06. The first-order chi connectivity index (χ1) is 11.4. The molecule has 2 aromatic rings. The molecule has 2 rings (SSSR count). The molecule has 1 unspecified atom stereocenters. The van der Waals surface area contributed by atoms with Gasteiger partial charge in [0.15, 0.2) is 10.9 Å². The summed E-state index contributed by atoms with van der Waals surface area (Å²) >= 11 is 18.3. The summed E-state index contributed by atoms with van der Waals surface area (Å²) in [6.45, 7) is 0.154. The van der Waals surface area contributed by atoms with Crippen molar-refractivity contribution >= 4 is 40.8 Å². The lowest BCUT2D eigenvalue weighted by Gasteiger charge is -2.12. The fraction of sp³-hybridized carbons (Fsp3) is 0.250. The van der Waals surface area contributed by atoms with E-state index in [4.69, 9.17) is 45.3 Å². The van der Waals surface area contributed by atoms with E-state index in [0.29, 0.717) is 27.1 Å². The zero-order chi connectivity index (χ0) is 17.7. The largest absolute Gasteiger partial charge is 0.486 e. The molecule has 0 fully saturated rings. The second-order valence-corrected chi connectivity index (χ2v) is 6.09. The van der Waals surface area contributed by atoms with Gasteiger partial charge in [-0.1, -0.05) is 40.9 Å². The number of nitrogens with zero attached hydrogens (tertiary/aromatic N) is 1. The highest BCUT2D eigenvalue weighted by molar-refractivity contribution is 6.36. The first-order valence-corrected chi connectivity index (χ1v) is 8.10. The minimum Gasteiger partial charge on any atom is -0.486 e. The van der Waals surface area contributed by atoms with E-state index < -0.39 is 12.0 Å². The number of pyridine rings is 1. The third-order valence-corrected chi connectivity index (χ3v) is 4.22. The van der Waals surface area contributed by atoms with Crippen LogP contribution in [0.2, 0.25) is 15.2 Å². The number of methoxy groups -OCH3 is 1. The first kappa shape index (κ1) is 18.8. The number of hydrogen-bond donors (Lipinski definition) is 1. The smallest absolute Gasteiger partial charge is 0.323 e. The van der Waals surface area contributed by atoms with Gasteiger partial charge >= 0.3 is 5.97 Å². The van der Waals surface area contributed by atoms with Crippen molar-refractivity contribution in [3.8, 4) is 5.75 Å². The van der Waals surface area contributed by atoms with Crippen molar-refractivity contribution < 1.29 is 14.3 Å². The zero-order valence-electron chi connectivity index (χ0n) is 12.8. The maximum atomic E-state index is 11.3. The standard InChI is InChI=1S/C16H15Cl3N2O3/c1-23-16(22)13(20)7-9-5-6-14(15(19)21-9)24-8-10-11(17)3-2-4-12(10)18/h2-6,13H,7-8,20H2,1H3. The molecule has 8 heteroatoms. The second-order valence-electron chi connectivity index (χ2n) is 4.91. The molecule has 5 nitrogen and oxygen atoms in total. The van der Waals surface area contributed by atoms with Crippen molar-refractivity contribution in [1.82, 2.24) is 4.98 Å². The van der Waals surface area contributed by atoms with Crippen LogP contribution in [0.15, 0.2) is 30.3 Å². The number of esters is 1. The van der Waals surface area contributed by atoms with Crippen LogP contribution < -0.4 is 10.5 Å². The molecule has 0 amide bonds. The topological polar surface area (TPSA) is 74.4 Å². The molecular formula is C16H15Cl3N2O3. The number of hydrogen-bond acceptors (Lipinski definition) is 5. The van der Waals surface area contributed by atoms with Crippen LogP contribution in [0.1, 0.15) is 11.3 Å². The maximum Gasteiger partial charge on any atom is 0.323 e. The second kappa shape index (κ2) is 8.53. The highest BCUT2D eigenvalue weighted by Gasteiger charge is 2.16. The Morgan fingerprint density at radius 3 is 2.46 bits per heavy atom. The van der Waals surface area contributed by atoms with E-state index in [1.165, 1.54) is 7.11 Å². The van der Waals surface area contributed by atoms with Gasteiger partial charge in [0.1, 0.15) is 12.6 Å². The van der Waals surface area contributed by atoms with Crippen molar-refractivity contribution in [1.29, 1.82) is 0 Å². The lowest BCUT2D eigenvalue weighted by Crippen LogP contribution is -2.33. The van der Waals surface area contributed by atoms with Gasteiger partial charge < -0.3 is 15.2 Å². The van der Waals surface area contributed by atoms with Gasteiger partial charge in [-0.2, -0.15) is 0 Å². The monoisotopic (exact) mass is 388 g/mol. The maximum absolute atomic E-state index is 11.3. The van der Waals surface area contributed by atoms with Gasteiger partial charge in [-0.15, -0.1) is 0 Å². The van der Waals surface area contributed by atoms with Gasteiger partial charge in [-0.3, -0.25) is 4.79 Å². The lowest BCUT2D eigenvalue weighted by atomic mass is 10.1. The Kier molecular flexibility index (Phi) is 6.69. The van der Waals surface area contributed by atoms with E-state index in [0.717, 1.165) is 0 Å². The predicted octanol–water partition coefficient (Wildman–Crippen LogP) is 3.66. The van der Waals surface area contributed by atoms with Crippen LogP contribution >= 0.6 is 34.8 Å². The zero-order valence-corrected chi connectivity index (χ0v) is 15.0. The number of aromatic nitrogens is 1. The molecule has 0 aliphatic rings. The van der Waals surface area contributed by atoms with Gasteiger partial charge in [0.05, 0.1) is 7.11 Å². The molecule has 0 spiro atoms. The van der Waals surface area contributed by atoms with Crippen LogP contribution in [0.3, 0.4) is 0 Å². The normalized spacial score (nSPS) is 11.9. The van der Waals surface area contributed by atoms with Crippen molar-refractivity contribution in [3.63, 3.8) is 0 Å². The number of halogens is 3. The SMILES string of the molecule is COC(=O)C(N)Cc1ccc(OCc2c(Cl)cccc2Cl)c(Cl)n1. The van der Waals surface area contributed by atoms with Crippen LogP contribution in [0.25, 0.3) is 0 Å². The van der Waals surface area contributed by atoms with E-state index in [2.05, 4.69) is 9.72 Å². The lowest BCUT2D eigenvalue weighted by molar-refractivity contribution is -0.142. The Morgan fingerprint density at radius 2 is 1.88 bits per heavy atom. The summed E-state index contributed by atoms with van der Waals surface area (Å²) in [6.07, 6.45) is 0.211. The van der Waals surface area contributed by atoms with Gasteiger partial charge in [0, 0.05) is 27.7 Å². The van der Waals surface area contributed by atoms with Gasteiger partial charge in [-0.25, -0.2) is 4.98 Å². The molecule has 1 heterocycles. The number of rotatable bonds is 6. The van der Waals surface area contributed by atoms with Crippen molar-refractivity contribution in [2.24, 2.45) is 5.73 Å². The van der Waals surface area contributed by atoms with Crippen LogP contribution in [0, 0.1) is 0 Å². The summed E-state index contributed by atoms with van der Waals surface area (Å²) in [4.78, 5) is 15.5. The molecular weight excluding hydrogens is 375 g/mol. The highest BCUT2D eigenvalue weighted by atomic mass is 35.5. The van der Waals surface area contributed by atoms with Gasteiger partial charge in [0.2, 0.25) is 0 Å². The van der Waals surface area contributed by atoms with Crippen LogP contribution in [-0.2, 0) is 22.6 Å². The average molecular weight is 390 g/mol. The number of carbonyl (C=O) groups excluding carboxylic acids is 1. The molecule has 128 valence electrons. The molecule has 0 saturated heterocycles. The van der Waals surface area contributed by atoms with E-state index in [1.54, 1.807) is 30.3 Å². The Labute approximate surface area is 154 Å². The number of benzene rings is 1. The quantitative estimate of drug-likeness (QED) is 0.603. The van der Waals surface area contributed by atoms with E-state index >= 15 is 0 Å². The number of nitrogens with two attached hydrogens (primary N) is 1. The summed E-state index contributed by atoms with van der Waals surface area (Å²) in [5.74, 6) is -0.135. The molecule has 1 atom stereocenters. The molecule has 0 aliphatic carbocycles. The third-order valence-electron chi connectivity index (χ3n) is 3.24. The summed E-state index contributed by atoms with van der Waals surface area (Å²) in [5, 5.41) is 1.17. The summed E-state index contributed by atoms with van der Waals surface area (Å²) in [7, 11) is 1.28. The van der Waals surface area contributed by atoms with Crippen molar-refractivity contribution in [2.45, 2.75) is 19.1 Å². The van der Waals surface area contributed by atoms with Crippen LogP contribution in [-0.4, -0.2) is 24.1 Å². The average Bonchev–Trinajstić information content (AvgIpc) is 2.55. The molecule has 0 aliphatic heterocycles. The van der Waals surface area contributed by atoms with Gasteiger partial charge in [-0.05, 0) is 24.3 Å². The number of carbonyl (C=O) groups is 1. The molecule has 1 aromatic carbocycles. The molecule has 0 saturated carbocycles. The fourth-order valence-electron chi connectivity index (χ4n) is 1.96. The minimum absolute atomic E-state index is 0.154. The van der Waals surface area contributed by atoms with Crippen molar-refractivity contribution in [2.75, 3.05) is 7.11 Å². The molecule has 2 N–H and O–H groups in total. The predicted molar refractivity (Wildman–Crippen MR) is 93.7 cm³/mol. The van der Waals surface area contributed by atoms with E-state index in [1.807, 2.05) is 0 Å². The Bertz CT molecular complexity index is 720. The molecule has 24 heavy (non-hydrogen) atoms. The molecule has 0 radical (unpaired) electrons. The third kappa shape index (κ3) is 4.74. The van der Waals surface area contributed by atoms with Crippen LogP contribution in [0.5, 0.6) is 5.75 Å².